The molecule has 0 bridgehead atoms. The van der Waals surface area contributed by atoms with Gasteiger partial charge in [0, 0.05) is 6.20 Å². The number of hydrogen-bond acceptors (Lipinski definition) is 3. The van der Waals surface area contributed by atoms with E-state index in [0.717, 1.165) is 17.9 Å². The van der Waals surface area contributed by atoms with Crippen LogP contribution in [0.5, 0.6) is 0 Å². The van der Waals surface area contributed by atoms with Crippen molar-refractivity contribution in [1.29, 1.82) is 0 Å². The van der Waals surface area contributed by atoms with Gasteiger partial charge >= 0.3 is 7.12 Å². The molecule has 2 fully saturated rings. The molecule has 0 spiro atoms. The Hall–Kier alpha value is -0.865. The average Bonchev–Trinajstić information content (AvgIpc) is 3.10. The number of pyridine rings is 1. The van der Waals surface area contributed by atoms with E-state index in [1.54, 1.807) is 0 Å². The molecule has 108 valence electrons. The van der Waals surface area contributed by atoms with Gasteiger partial charge < -0.3 is 9.31 Å². The van der Waals surface area contributed by atoms with Gasteiger partial charge in [0.1, 0.15) is 0 Å². The number of nitrogens with zero attached hydrogens (tertiary/aromatic N) is 1. The quantitative estimate of drug-likeness (QED) is 0.793. The highest BCUT2D eigenvalue weighted by molar-refractivity contribution is 6.61. The molecule has 1 saturated carbocycles. The van der Waals surface area contributed by atoms with E-state index in [4.69, 9.17) is 9.31 Å². The highest BCUT2D eigenvalue weighted by Crippen LogP contribution is 2.37. The molecule has 3 nitrogen and oxygen atoms in total. The Labute approximate surface area is 122 Å². The van der Waals surface area contributed by atoms with Gasteiger partial charge in [-0.05, 0) is 77.0 Å². The molecule has 0 unspecified atom stereocenters. The van der Waals surface area contributed by atoms with E-state index >= 15 is 0 Å². The Bertz CT molecular complexity index is 507. The topological polar surface area (TPSA) is 31.4 Å². The van der Waals surface area contributed by atoms with Crippen LogP contribution in [0.3, 0.4) is 0 Å². The van der Waals surface area contributed by atoms with Crippen molar-refractivity contribution in [2.24, 2.45) is 5.92 Å². The second-order valence-electron chi connectivity index (χ2n) is 7.23. The van der Waals surface area contributed by atoms with Gasteiger partial charge in [0.05, 0.1) is 16.8 Å². The van der Waals surface area contributed by atoms with Crippen LogP contribution in [0.2, 0.25) is 0 Å². The lowest BCUT2D eigenvalue weighted by Crippen LogP contribution is -2.41. The fraction of sp³-hybridized carbons (Fsp3) is 0.688. The zero-order valence-electron chi connectivity index (χ0n) is 13.2. The predicted octanol–water partition coefficient (Wildman–Crippen LogP) is 2.64. The smallest absolute Gasteiger partial charge is 0.398 e. The summed E-state index contributed by atoms with van der Waals surface area (Å²) < 4.78 is 12.3. The minimum atomic E-state index is -0.339. The predicted molar refractivity (Wildman–Crippen MR) is 81.1 cm³/mol. The average molecular weight is 273 g/mol. The highest BCUT2D eigenvalue weighted by Gasteiger charge is 2.53. The van der Waals surface area contributed by atoms with Gasteiger partial charge in [-0.3, -0.25) is 4.98 Å². The molecule has 1 saturated heterocycles. The summed E-state index contributed by atoms with van der Waals surface area (Å²) in [6, 6.07) is 2.09. The van der Waals surface area contributed by atoms with Gasteiger partial charge in [-0.1, -0.05) is 0 Å². The van der Waals surface area contributed by atoms with Crippen LogP contribution in [0.4, 0.5) is 0 Å². The maximum Gasteiger partial charge on any atom is 0.514 e. The minimum Gasteiger partial charge on any atom is -0.398 e. The van der Waals surface area contributed by atoms with E-state index in [2.05, 4.69) is 45.7 Å². The van der Waals surface area contributed by atoms with Crippen molar-refractivity contribution in [1.82, 2.24) is 4.98 Å². The van der Waals surface area contributed by atoms with E-state index in [1.165, 1.54) is 24.0 Å². The first kappa shape index (κ1) is 14.1. The second kappa shape index (κ2) is 4.57. The molecule has 3 rings (SSSR count). The summed E-state index contributed by atoms with van der Waals surface area (Å²) in [6.07, 6.45) is 5.67. The number of hydrogen-bond donors (Lipinski definition) is 0. The van der Waals surface area contributed by atoms with Gasteiger partial charge in [0.15, 0.2) is 0 Å². The zero-order valence-corrected chi connectivity index (χ0v) is 13.2. The van der Waals surface area contributed by atoms with Crippen LogP contribution in [0.1, 0.15) is 51.7 Å². The third-order valence-corrected chi connectivity index (χ3v) is 4.99. The van der Waals surface area contributed by atoms with Crippen LogP contribution in [0.25, 0.3) is 0 Å². The number of aromatic nitrogens is 1. The van der Waals surface area contributed by atoms with Crippen LogP contribution in [0, 0.1) is 12.8 Å². The van der Waals surface area contributed by atoms with Gasteiger partial charge in [0.2, 0.25) is 0 Å². The van der Waals surface area contributed by atoms with Crippen molar-refractivity contribution in [2.45, 2.75) is 65.1 Å². The van der Waals surface area contributed by atoms with Crippen molar-refractivity contribution in [3.8, 4) is 0 Å². The lowest BCUT2D eigenvalue weighted by molar-refractivity contribution is 0.00578. The van der Waals surface area contributed by atoms with Crippen LogP contribution < -0.4 is 5.59 Å². The summed E-state index contributed by atoms with van der Waals surface area (Å²) in [5.41, 5.74) is 3.00. The summed E-state index contributed by atoms with van der Waals surface area (Å²) in [6.45, 7) is 10.5. The van der Waals surface area contributed by atoms with E-state index in [9.17, 15) is 0 Å². The van der Waals surface area contributed by atoms with E-state index in [-0.39, 0.29) is 18.3 Å². The maximum atomic E-state index is 6.16. The molecular weight excluding hydrogens is 249 g/mol. The molecule has 1 aliphatic carbocycles. The summed E-state index contributed by atoms with van der Waals surface area (Å²) in [5, 5.41) is 0. The summed E-state index contributed by atoms with van der Waals surface area (Å²) >= 11 is 0. The maximum absolute atomic E-state index is 6.16. The van der Waals surface area contributed by atoms with Gasteiger partial charge in [0.25, 0.3) is 0 Å². The summed E-state index contributed by atoms with van der Waals surface area (Å²) in [5.74, 6) is 0.832. The standard InChI is InChI=1S/C16H24BNO2/c1-11-8-9-18-14(13(11)10-12-6-7-12)17-19-15(2,3)16(4,5)20-17/h8-9,12H,6-7,10H2,1-5H3. The van der Waals surface area contributed by atoms with Gasteiger partial charge in [-0.25, -0.2) is 0 Å². The Balaban J connectivity index is 1.93. The molecule has 0 atom stereocenters. The van der Waals surface area contributed by atoms with Crippen LogP contribution in [0.15, 0.2) is 12.3 Å². The molecule has 1 aliphatic heterocycles. The Morgan fingerprint density at radius 1 is 1.20 bits per heavy atom. The van der Waals surface area contributed by atoms with Crippen LogP contribution in [-0.4, -0.2) is 23.3 Å². The van der Waals surface area contributed by atoms with Crippen molar-refractivity contribution >= 4 is 12.7 Å². The lowest BCUT2D eigenvalue weighted by Gasteiger charge is -2.32. The van der Waals surface area contributed by atoms with E-state index in [0.29, 0.717) is 0 Å². The molecule has 2 heterocycles. The number of aryl methyl sites for hydroxylation is 1. The summed E-state index contributed by atoms with van der Waals surface area (Å²) in [7, 11) is -0.339. The zero-order chi connectivity index (χ0) is 14.5. The largest absolute Gasteiger partial charge is 0.514 e. The molecular formula is C16H24BNO2. The van der Waals surface area contributed by atoms with Crippen molar-refractivity contribution in [3.63, 3.8) is 0 Å². The Kier molecular flexibility index (Phi) is 3.22. The Morgan fingerprint density at radius 2 is 1.80 bits per heavy atom. The molecule has 20 heavy (non-hydrogen) atoms. The van der Waals surface area contributed by atoms with E-state index in [1.807, 2.05) is 6.20 Å². The molecule has 2 aliphatic rings. The highest BCUT2D eigenvalue weighted by atomic mass is 16.7. The normalized spacial score (nSPS) is 24.1. The summed E-state index contributed by atoms with van der Waals surface area (Å²) in [4.78, 5) is 4.58. The van der Waals surface area contributed by atoms with Crippen LogP contribution in [-0.2, 0) is 15.7 Å². The first-order valence-electron chi connectivity index (χ1n) is 7.60. The van der Waals surface area contributed by atoms with Crippen molar-refractivity contribution < 1.29 is 9.31 Å². The van der Waals surface area contributed by atoms with Crippen molar-refractivity contribution in [3.05, 3.63) is 23.4 Å². The molecule has 0 amide bonds. The third kappa shape index (κ3) is 2.40. The van der Waals surface area contributed by atoms with Crippen LogP contribution >= 0.6 is 0 Å². The van der Waals surface area contributed by atoms with Gasteiger partial charge in [-0.15, -0.1) is 0 Å². The minimum absolute atomic E-state index is 0.306. The number of rotatable bonds is 3. The molecule has 0 radical (unpaired) electrons. The SMILES string of the molecule is Cc1ccnc(B2OC(C)(C)C(C)(C)O2)c1CC1CC1. The Morgan fingerprint density at radius 3 is 2.35 bits per heavy atom. The molecule has 4 heteroatoms. The lowest BCUT2D eigenvalue weighted by atomic mass is 9.78. The van der Waals surface area contributed by atoms with E-state index < -0.39 is 0 Å². The first-order chi connectivity index (χ1) is 9.30. The second-order valence-corrected chi connectivity index (χ2v) is 7.23. The first-order valence-corrected chi connectivity index (χ1v) is 7.60. The fourth-order valence-corrected chi connectivity index (χ4v) is 2.64. The molecule has 1 aromatic heterocycles. The molecule has 1 aromatic rings. The fourth-order valence-electron chi connectivity index (χ4n) is 2.64. The van der Waals surface area contributed by atoms with Crippen molar-refractivity contribution in [2.75, 3.05) is 0 Å². The van der Waals surface area contributed by atoms with Gasteiger partial charge in [-0.2, -0.15) is 0 Å². The molecule has 0 aromatic carbocycles. The molecule has 0 N–H and O–H groups in total. The third-order valence-electron chi connectivity index (χ3n) is 4.99. The monoisotopic (exact) mass is 273 g/mol.